The van der Waals surface area contributed by atoms with Gasteiger partial charge in [-0.2, -0.15) is 0 Å². The highest BCUT2D eigenvalue weighted by molar-refractivity contribution is 5.60. The topological polar surface area (TPSA) is 65.2 Å². The summed E-state index contributed by atoms with van der Waals surface area (Å²) in [4.78, 5) is 8.83. The van der Waals surface area contributed by atoms with E-state index in [1.807, 2.05) is 36.7 Å². The van der Waals surface area contributed by atoms with Crippen molar-refractivity contribution < 1.29 is 10.2 Å². The Morgan fingerprint density at radius 2 is 1.04 bits per heavy atom. The van der Waals surface area contributed by atoms with Gasteiger partial charge in [-0.05, 0) is 79.9 Å². The first-order valence-electron chi connectivity index (χ1n) is 8.76. The van der Waals surface area contributed by atoms with Gasteiger partial charge in [-0.1, -0.05) is 24.3 Å². The molecule has 0 aliphatic heterocycles. The van der Waals surface area contributed by atoms with Crippen LogP contribution in [0.5, 0.6) is 11.5 Å². The molecule has 0 fully saturated rings. The van der Waals surface area contributed by atoms with Crippen LogP contribution in [0.1, 0.15) is 30.4 Å². The highest BCUT2D eigenvalue weighted by atomic mass is 16.3. The molecule has 0 atom stereocenters. The van der Waals surface area contributed by atoms with E-state index in [4.69, 9.17) is 0 Å². The largest absolute Gasteiger partial charge is 0.508 e. The molecule has 4 nitrogen and oxygen atoms in total. The third-order valence-corrected chi connectivity index (χ3v) is 3.86. The van der Waals surface area contributed by atoms with E-state index in [2.05, 4.69) is 9.98 Å². The van der Waals surface area contributed by atoms with E-state index in [0.717, 1.165) is 45.2 Å². The van der Waals surface area contributed by atoms with E-state index in [-0.39, 0.29) is 0 Å². The number of aromatic hydroxyl groups is 2. The number of unbranched alkanes of at least 4 members (excludes halogenated alkanes) is 2. The lowest BCUT2D eigenvalue weighted by Crippen LogP contribution is -1.91. The summed E-state index contributed by atoms with van der Waals surface area (Å²) in [5.74, 6) is 0.606. The van der Waals surface area contributed by atoms with Crippen molar-refractivity contribution in [3.63, 3.8) is 0 Å². The second kappa shape index (κ2) is 11.0. The van der Waals surface area contributed by atoms with Crippen molar-refractivity contribution in [2.24, 2.45) is 9.98 Å². The SMILES string of the molecule is Oc1ccc(CC/N=C/CCC/C=N/CCc2ccc(O)cc2)cc1. The van der Waals surface area contributed by atoms with Crippen LogP contribution in [0.4, 0.5) is 0 Å². The summed E-state index contributed by atoms with van der Waals surface area (Å²) >= 11 is 0. The predicted octanol–water partition coefficient (Wildman–Crippen LogP) is 4.19. The van der Waals surface area contributed by atoms with Crippen molar-refractivity contribution in [2.75, 3.05) is 13.1 Å². The zero-order valence-corrected chi connectivity index (χ0v) is 14.5. The Morgan fingerprint density at radius 3 is 1.44 bits per heavy atom. The van der Waals surface area contributed by atoms with E-state index < -0.39 is 0 Å². The van der Waals surface area contributed by atoms with Crippen molar-refractivity contribution in [1.29, 1.82) is 0 Å². The number of benzene rings is 2. The van der Waals surface area contributed by atoms with Gasteiger partial charge in [-0.25, -0.2) is 0 Å². The van der Waals surface area contributed by atoms with Gasteiger partial charge in [0.1, 0.15) is 11.5 Å². The van der Waals surface area contributed by atoms with E-state index in [1.165, 1.54) is 11.1 Å². The van der Waals surface area contributed by atoms with Crippen LogP contribution in [0.3, 0.4) is 0 Å². The molecule has 132 valence electrons. The van der Waals surface area contributed by atoms with Crippen molar-refractivity contribution >= 4 is 12.4 Å². The van der Waals surface area contributed by atoms with Gasteiger partial charge in [0.25, 0.3) is 0 Å². The first kappa shape index (κ1) is 18.7. The van der Waals surface area contributed by atoms with Crippen LogP contribution in [0.15, 0.2) is 58.5 Å². The van der Waals surface area contributed by atoms with E-state index in [0.29, 0.717) is 11.5 Å². The maximum Gasteiger partial charge on any atom is 0.115 e. The van der Waals surface area contributed by atoms with E-state index in [1.54, 1.807) is 24.3 Å². The monoisotopic (exact) mass is 338 g/mol. The molecule has 0 aromatic heterocycles. The number of aliphatic imine (C=N–C) groups is 2. The maximum absolute atomic E-state index is 9.22. The molecular formula is C21H26N2O2. The first-order valence-corrected chi connectivity index (χ1v) is 8.76. The zero-order chi connectivity index (χ0) is 17.7. The van der Waals surface area contributed by atoms with Gasteiger partial charge in [0.05, 0.1) is 0 Å². The van der Waals surface area contributed by atoms with Gasteiger partial charge in [-0.15, -0.1) is 0 Å². The number of nitrogens with zero attached hydrogens (tertiary/aromatic N) is 2. The molecule has 0 unspecified atom stereocenters. The average molecular weight is 338 g/mol. The smallest absolute Gasteiger partial charge is 0.115 e. The predicted molar refractivity (Wildman–Crippen MR) is 104 cm³/mol. The Balaban J connectivity index is 1.48. The van der Waals surface area contributed by atoms with Crippen molar-refractivity contribution in [1.82, 2.24) is 0 Å². The molecule has 0 saturated heterocycles. The molecule has 0 radical (unpaired) electrons. The van der Waals surface area contributed by atoms with Crippen LogP contribution in [-0.2, 0) is 12.8 Å². The average Bonchev–Trinajstić information content (AvgIpc) is 2.63. The number of phenolic OH excluding ortho intramolecular Hbond substituents is 2. The Bertz CT molecular complexity index is 602. The van der Waals surface area contributed by atoms with Crippen LogP contribution < -0.4 is 0 Å². The van der Waals surface area contributed by atoms with Crippen molar-refractivity contribution in [2.45, 2.75) is 32.1 Å². The van der Waals surface area contributed by atoms with Gasteiger partial charge in [-0.3, -0.25) is 9.98 Å². The first-order chi connectivity index (χ1) is 12.2. The van der Waals surface area contributed by atoms with Crippen LogP contribution in [-0.4, -0.2) is 35.7 Å². The summed E-state index contributed by atoms with van der Waals surface area (Å²) in [6, 6.07) is 14.6. The molecule has 2 N–H and O–H groups in total. The lowest BCUT2D eigenvalue weighted by atomic mass is 10.1. The Kier molecular flexibility index (Phi) is 8.25. The molecule has 4 heteroatoms. The molecule has 2 aromatic carbocycles. The Morgan fingerprint density at radius 1 is 0.640 bits per heavy atom. The molecule has 0 heterocycles. The molecule has 0 bridgehead atoms. The minimum Gasteiger partial charge on any atom is -0.508 e. The molecule has 2 aromatic rings. The molecule has 0 aliphatic rings. The van der Waals surface area contributed by atoms with Crippen LogP contribution in [0, 0.1) is 0 Å². The summed E-state index contributed by atoms with van der Waals surface area (Å²) in [6.07, 6.45) is 8.78. The van der Waals surface area contributed by atoms with Crippen molar-refractivity contribution in [3.05, 3.63) is 59.7 Å². The summed E-state index contributed by atoms with van der Waals surface area (Å²) < 4.78 is 0. The highest BCUT2D eigenvalue weighted by Gasteiger charge is 1.93. The fourth-order valence-corrected chi connectivity index (χ4v) is 2.38. The quantitative estimate of drug-likeness (QED) is 0.504. The minimum absolute atomic E-state index is 0.303. The van der Waals surface area contributed by atoms with Gasteiger partial charge in [0, 0.05) is 13.1 Å². The summed E-state index contributed by atoms with van der Waals surface area (Å²) in [6.45, 7) is 1.57. The zero-order valence-electron chi connectivity index (χ0n) is 14.5. The lowest BCUT2D eigenvalue weighted by molar-refractivity contribution is 0.474. The van der Waals surface area contributed by atoms with Crippen LogP contribution in [0.25, 0.3) is 0 Å². The van der Waals surface area contributed by atoms with Gasteiger partial charge >= 0.3 is 0 Å². The fraction of sp³-hybridized carbons (Fsp3) is 0.333. The second-order valence-electron chi connectivity index (χ2n) is 5.94. The fourth-order valence-electron chi connectivity index (χ4n) is 2.38. The maximum atomic E-state index is 9.22. The van der Waals surface area contributed by atoms with E-state index in [9.17, 15) is 10.2 Å². The van der Waals surface area contributed by atoms with Gasteiger partial charge in [0.15, 0.2) is 0 Å². The molecule has 0 saturated carbocycles. The number of hydrogen-bond acceptors (Lipinski definition) is 4. The molecule has 2 rings (SSSR count). The van der Waals surface area contributed by atoms with Crippen LogP contribution in [0.2, 0.25) is 0 Å². The van der Waals surface area contributed by atoms with Gasteiger partial charge in [0.2, 0.25) is 0 Å². The normalized spacial score (nSPS) is 11.5. The summed E-state index contributed by atoms with van der Waals surface area (Å²) in [5.41, 5.74) is 2.38. The molecule has 0 spiro atoms. The van der Waals surface area contributed by atoms with Crippen molar-refractivity contribution in [3.8, 4) is 11.5 Å². The summed E-state index contributed by atoms with van der Waals surface area (Å²) in [5, 5.41) is 18.4. The third-order valence-electron chi connectivity index (χ3n) is 3.86. The minimum atomic E-state index is 0.303. The molecular weight excluding hydrogens is 312 g/mol. The standard InChI is InChI=1S/C21H26N2O2/c24-20-8-4-18(5-9-20)12-16-22-14-2-1-3-15-23-17-13-19-6-10-21(25)11-7-19/h4-11,14-15,24-25H,1-3,12-13,16-17H2/b22-14+,23-15+. The lowest BCUT2D eigenvalue weighted by Gasteiger charge is -1.98. The third kappa shape index (κ3) is 8.15. The molecule has 25 heavy (non-hydrogen) atoms. The highest BCUT2D eigenvalue weighted by Crippen LogP contribution is 2.10. The van der Waals surface area contributed by atoms with Crippen LogP contribution >= 0.6 is 0 Å². The van der Waals surface area contributed by atoms with Gasteiger partial charge < -0.3 is 10.2 Å². The number of phenols is 2. The summed E-state index contributed by atoms with van der Waals surface area (Å²) in [7, 11) is 0. The Labute approximate surface area is 149 Å². The second-order valence-corrected chi connectivity index (χ2v) is 5.94. The molecule has 0 amide bonds. The van der Waals surface area contributed by atoms with E-state index >= 15 is 0 Å². The Hall–Kier alpha value is -2.62. The molecule has 0 aliphatic carbocycles. The number of hydrogen-bond donors (Lipinski definition) is 2. The number of rotatable bonds is 10.